The molecule has 0 aliphatic heterocycles. The Morgan fingerprint density at radius 1 is 1.25 bits per heavy atom. The first kappa shape index (κ1) is 10.7. The minimum Gasteiger partial charge on any atom is -0.488 e. The molecule has 16 heavy (non-hydrogen) atoms. The summed E-state index contributed by atoms with van der Waals surface area (Å²) in [6.45, 7) is 1.88. The van der Waals surface area contributed by atoms with Crippen LogP contribution in [0, 0.1) is 11.6 Å². The highest BCUT2D eigenvalue weighted by Crippen LogP contribution is 2.29. The van der Waals surface area contributed by atoms with Crippen molar-refractivity contribution in [3.8, 4) is 17.1 Å². The lowest BCUT2D eigenvalue weighted by Crippen LogP contribution is -1.98. The van der Waals surface area contributed by atoms with Crippen molar-refractivity contribution in [3.63, 3.8) is 0 Å². The summed E-state index contributed by atoms with van der Waals surface area (Å²) in [6, 6.07) is 5.66. The Morgan fingerprint density at radius 3 is 2.44 bits per heavy atom. The summed E-state index contributed by atoms with van der Waals surface area (Å²) in [5, 5.41) is 0. The van der Waals surface area contributed by atoms with Gasteiger partial charge in [-0.2, -0.15) is 0 Å². The van der Waals surface area contributed by atoms with Crippen LogP contribution in [0.4, 0.5) is 8.78 Å². The van der Waals surface area contributed by atoms with Crippen molar-refractivity contribution in [1.29, 1.82) is 0 Å². The normalized spacial score (nSPS) is 10.4. The lowest BCUT2D eigenvalue weighted by Gasteiger charge is -2.07. The Balaban J connectivity index is 2.45. The van der Waals surface area contributed by atoms with Gasteiger partial charge in [0.25, 0.3) is 0 Å². The van der Waals surface area contributed by atoms with E-state index in [0.29, 0.717) is 11.3 Å². The van der Waals surface area contributed by atoms with E-state index in [1.54, 1.807) is 19.1 Å². The van der Waals surface area contributed by atoms with Crippen molar-refractivity contribution < 1.29 is 17.9 Å². The van der Waals surface area contributed by atoms with Gasteiger partial charge in [-0.15, -0.1) is 0 Å². The maximum Gasteiger partial charge on any atom is 0.190 e. The predicted octanol–water partition coefficient (Wildman–Crippen LogP) is 3.62. The maximum absolute atomic E-state index is 13.5. The van der Waals surface area contributed by atoms with Crippen molar-refractivity contribution in [2.75, 3.05) is 6.61 Å². The van der Waals surface area contributed by atoms with Crippen LogP contribution >= 0.6 is 0 Å². The van der Waals surface area contributed by atoms with E-state index in [1.165, 1.54) is 18.4 Å². The third-order valence-electron chi connectivity index (χ3n) is 2.09. The lowest BCUT2D eigenvalue weighted by molar-refractivity contribution is 0.303. The molecule has 0 radical (unpaired) electrons. The summed E-state index contributed by atoms with van der Waals surface area (Å²) in [5.74, 6) is -1.39. The van der Waals surface area contributed by atoms with E-state index in [9.17, 15) is 8.78 Å². The fourth-order valence-electron chi connectivity index (χ4n) is 1.43. The molecular weight excluding hydrogens is 214 g/mol. The van der Waals surface area contributed by atoms with Gasteiger partial charge < -0.3 is 9.15 Å². The van der Waals surface area contributed by atoms with Crippen molar-refractivity contribution in [2.24, 2.45) is 0 Å². The van der Waals surface area contributed by atoms with Crippen molar-refractivity contribution in [3.05, 3.63) is 42.2 Å². The smallest absolute Gasteiger partial charge is 0.190 e. The highest BCUT2D eigenvalue weighted by Gasteiger charge is 2.14. The van der Waals surface area contributed by atoms with Gasteiger partial charge in [0.05, 0.1) is 12.9 Å². The zero-order chi connectivity index (χ0) is 11.5. The highest BCUT2D eigenvalue weighted by molar-refractivity contribution is 5.59. The van der Waals surface area contributed by atoms with Gasteiger partial charge in [-0.3, -0.25) is 0 Å². The Morgan fingerprint density at radius 2 is 1.94 bits per heavy atom. The molecule has 0 bridgehead atoms. The Hall–Kier alpha value is -1.84. The van der Waals surface area contributed by atoms with E-state index >= 15 is 0 Å². The maximum atomic E-state index is 13.5. The quantitative estimate of drug-likeness (QED) is 0.794. The summed E-state index contributed by atoms with van der Waals surface area (Å²) in [5.41, 5.74) is 0.350. The van der Waals surface area contributed by atoms with E-state index in [-0.39, 0.29) is 12.4 Å². The summed E-state index contributed by atoms with van der Waals surface area (Å²) in [7, 11) is 0. The molecule has 2 aromatic rings. The fraction of sp³-hybridized carbons (Fsp3) is 0.167. The van der Waals surface area contributed by atoms with Crippen molar-refractivity contribution >= 4 is 0 Å². The second-order valence-electron chi connectivity index (χ2n) is 3.18. The molecule has 0 saturated carbocycles. The average molecular weight is 224 g/mol. The first-order valence-electron chi connectivity index (χ1n) is 4.88. The average Bonchev–Trinajstić information content (AvgIpc) is 2.76. The molecule has 2 rings (SSSR count). The number of benzene rings is 1. The van der Waals surface area contributed by atoms with Gasteiger partial charge >= 0.3 is 0 Å². The van der Waals surface area contributed by atoms with E-state index in [2.05, 4.69) is 0 Å². The highest BCUT2D eigenvalue weighted by atomic mass is 19.1. The van der Waals surface area contributed by atoms with Gasteiger partial charge in [-0.1, -0.05) is 0 Å². The van der Waals surface area contributed by atoms with Crippen LogP contribution in [0.2, 0.25) is 0 Å². The molecule has 0 N–H and O–H groups in total. The van der Waals surface area contributed by atoms with Crippen LogP contribution in [0.25, 0.3) is 11.3 Å². The number of hydrogen-bond donors (Lipinski definition) is 0. The molecule has 0 spiro atoms. The zero-order valence-electron chi connectivity index (χ0n) is 8.67. The number of furan rings is 1. The summed E-state index contributed by atoms with van der Waals surface area (Å²) in [4.78, 5) is 0. The summed E-state index contributed by atoms with van der Waals surface area (Å²) in [6.07, 6.45) is 1.45. The first-order chi connectivity index (χ1) is 7.72. The minimum absolute atomic E-state index is 0.216. The molecule has 0 amide bonds. The molecule has 4 heteroatoms. The Bertz CT molecular complexity index is 455. The van der Waals surface area contributed by atoms with Gasteiger partial charge in [0, 0.05) is 5.56 Å². The monoisotopic (exact) mass is 224 g/mol. The number of halogens is 2. The van der Waals surface area contributed by atoms with Crippen LogP contribution < -0.4 is 4.74 Å². The summed E-state index contributed by atoms with van der Waals surface area (Å²) >= 11 is 0. The van der Waals surface area contributed by atoms with E-state index in [1.807, 2.05) is 0 Å². The van der Waals surface area contributed by atoms with Gasteiger partial charge in [0.2, 0.25) is 0 Å². The summed E-state index contributed by atoms with van der Waals surface area (Å²) < 4.78 is 36.9. The van der Waals surface area contributed by atoms with Gasteiger partial charge in [0.1, 0.15) is 5.76 Å². The van der Waals surface area contributed by atoms with E-state index in [0.717, 1.165) is 0 Å². The van der Waals surface area contributed by atoms with Gasteiger partial charge in [-0.05, 0) is 31.2 Å². The second kappa shape index (κ2) is 4.35. The predicted molar refractivity (Wildman–Crippen MR) is 55.2 cm³/mol. The Labute approximate surface area is 91.5 Å². The molecule has 1 heterocycles. The number of ether oxygens (including phenoxy) is 1. The zero-order valence-corrected chi connectivity index (χ0v) is 8.67. The Kier molecular flexibility index (Phi) is 2.90. The van der Waals surface area contributed by atoms with Crippen molar-refractivity contribution in [2.45, 2.75) is 6.92 Å². The largest absolute Gasteiger partial charge is 0.488 e. The molecule has 84 valence electrons. The third kappa shape index (κ3) is 1.91. The van der Waals surface area contributed by atoms with Crippen LogP contribution in [0.15, 0.2) is 34.9 Å². The number of rotatable bonds is 3. The molecular formula is C12H10F2O2. The molecule has 0 atom stereocenters. The molecule has 0 aliphatic rings. The standard InChI is InChI=1S/C12H10F2O2/c1-2-15-12-9(13)6-8(7-10(12)14)11-4-3-5-16-11/h3-7H,2H2,1H3. The van der Waals surface area contributed by atoms with Crippen LogP contribution in [0.3, 0.4) is 0 Å². The van der Waals surface area contributed by atoms with Crippen LogP contribution in [0.1, 0.15) is 6.92 Å². The molecule has 0 unspecified atom stereocenters. The van der Waals surface area contributed by atoms with Crippen molar-refractivity contribution in [1.82, 2.24) is 0 Å². The molecule has 0 fully saturated rings. The SMILES string of the molecule is CCOc1c(F)cc(-c2ccco2)cc1F. The van der Waals surface area contributed by atoms with E-state index in [4.69, 9.17) is 9.15 Å². The number of hydrogen-bond acceptors (Lipinski definition) is 2. The lowest BCUT2D eigenvalue weighted by atomic mass is 10.1. The molecule has 0 aliphatic carbocycles. The molecule has 1 aromatic carbocycles. The van der Waals surface area contributed by atoms with E-state index < -0.39 is 11.6 Å². The molecule has 2 nitrogen and oxygen atoms in total. The second-order valence-corrected chi connectivity index (χ2v) is 3.18. The van der Waals surface area contributed by atoms with Crippen LogP contribution in [-0.2, 0) is 0 Å². The molecule has 0 saturated heterocycles. The van der Waals surface area contributed by atoms with Crippen LogP contribution in [-0.4, -0.2) is 6.61 Å². The van der Waals surface area contributed by atoms with Crippen LogP contribution in [0.5, 0.6) is 5.75 Å². The minimum atomic E-state index is -0.728. The first-order valence-corrected chi connectivity index (χ1v) is 4.88. The third-order valence-corrected chi connectivity index (χ3v) is 2.09. The van der Waals surface area contributed by atoms with Gasteiger partial charge in [-0.25, -0.2) is 8.78 Å². The topological polar surface area (TPSA) is 22.4 Å². The molecule has 1 aromatic heterocycles. The van der Waals surface area contributed by atoms with Gasteiger partial charge in [0.15, 0.2) is 17.4 Å². The fourth-order valence-corrected chi connectivity index (χ4v) is 1.43.